The summed E-state index contributed by atoms with van der Waals surface area (Å²) in [5.41, 5.74) is 4.18. The Kier molecular flexibility index (Phi) is 10.9. The highest BCUT2D eigenvalue weighted by molar-refractivity contribution is 5.98. The van der Waals surface area contributed by atoms with Crippen LogP contribution in [0.5, 0.6) is 5.75 Å². The summed E-state index contributed by atoms with van der Waals surface area (Å²) in [5.74, 6) is -0.187. The number of carbonyl (C=O) groups is 2. The van der Waals surface area contributed by atoms with Crippen LogP contribution in [0.2, 0.25) is 0 Å². The maximum absolute atomic E-state index is 14.1. The maximum Gasteiger partial charge on any atom is 0.407 e. The van der Waals surface area contributed by atoms with Gasteiger partial charge in [-0.2, -0.15) is 5.10 Å². The van der Waals surface area contributed by atoms with Crippen LogP contribution in [0.1, 0.15) is 29.0 Å². The van der Waals surface area contributed by atoms with E-state index >= 15 is 0 Å². The van der Waals surface area contributed by atoms with Crippen molar-refractivity contribution in [2.45, 2.75) is 37.0 Å². The first-order valence-electron chi connectivity index (χ1n) is 16.3. The van der Waals surface area contributed by atoms with E-state index in [2.05, 4.69) is 20.7 Å². The monoisotopic (exact) mass is 660 g/mol. The van der Waals surface area contributed by atoms with Crippen LogP contribution in [0.4, 0.5) is 10.5 Å². The van der Waals surface area contributed by atoms with Gasteiger partial charge < -0.3 is 25.2 Å². The highest BCUT2D eigenvalue weighted by Crippen LogP contribution is 2.32. The number of amides is 2. The van der Waals surface area contributed by atoms with E-state index in [9.17, 15) is 14.7 Å². The Hall–Kier alpha value is -5.52. The third-order valence-corrected chi connectivity index (χ3v) is 8.72. The third kappa shape index (κ3) is 8.50. The number of nitrogens with zero attached hydrogens (tertiary/aromatic N) is 4. The first kappa shape index (κ1) is 33.4. The van der Waals surface area contributed by atoms with Crippen LogP contribution in [0, 0.1) is 0 Å². The van der Waals surface area contributed by atoms with E-state index in [-0.39, 0.29) is 12.2 Å². The Bertz CT molecular complexity index is 1750. The lowest BCUT2D eigenvalue weighted by atomic mass is 9.84. The lowest BCUT2D eigenvalue weighted by Crippen LogP contribution is -2.48. The number of rotatable bonds is 13. The van der Waals surface area contributed by atoms with E-state index in [1.54, 1.807) is 11.0 Å². The minimum Gasteiger partial charge on any atom is -0.491 e. The molecule has 1 aromatic heterocycles. The second-order valence-electron chi connectivity index (χ2n) is 12.0. The molecule has 3 atom stereocenters. The number of aryl methyl sites for hydroxylation is 1. The quantitative estimate of drug-likeness (QED) is 0.153. The Labute approximate surface area is 285 Å². The number of para-hydroxylation sites is 1. The minimum atomic E-state index is -1.19. The molecule has 3 N–H and O–H groups in total. The molecule has 0 radical (unpaired) electrons. The van der Waals surface area contributed by atoms with Gasteiger partial charge in [-0.05, 0) is 59.9 Å². The Morgan fingerprint density at radius 1 is 0.939 bits per heavy atom. The van der Waals surface area contributed by atoms with Gasteiger partial charge in [0.2, 0.25) is 5.91 Å². The number of hydrogen-bond acceptors (Lipinski definition) is 7. The Balaban J connectivity index is 1.10. The zero-order valence-electron chi connectivity index (χ0n) is 27.3. The third-order valence-electron chi connectivity index (χ3n) is 8.72. The van der Waals surface area contributed by atoms with E-state index in [1.807, 2.05) is 109 Å². The highest BCUT2D eigenvalue weighted by atomic mass is 16.5. The number of likely N-dealkylation sites (N-methyl/N-ethyl adjacent to an activating group) is 1. The summed E-state index contributed by atoms with van der Waals surface area (Å²) >= 11 is 0. The average Bonchev–Trinajstić information content (AvgIpc) is 3.69. The molecular weight excluding hydrogens is 620 g/mol. The molecule has 2 amide bonds. The molecule has 2 heterocycles. The molecule has 1 aliphatic heterocycles. The first-order chi connectivity index (χ1) is 24.0. The summed E-state index contributed by atoms with van der Waals surface area (Å²) in [4.78, 5) is 31.6. The number of nitrogens with one attached hydrogen (secondary N) is 2. The molecule has 1 fully saturated rings. The van der Waals surface area contributed by atoms with Crippen molar-refractivity contribution in [1.29, 1.82) is 0 Å². The number of benzene rings is 4. The number of carbonyl (C=O) groups excluding carboxylic acids is 1. The van der Waals surface area contributed by atoms with Crippen LogP contribution in [0.3, 0.4) is 0 Å². The van der Waals surface area contributed by atoms with Gasteiger partial charge in [0.05, 0.1) is 11.8 Å². The second-order valence-corrected chi connectivity index (χ2v) is 12.0. The molecule has 4 aromatic carbocycles. The number of morpholine rings is 1. The van der Waals surface area contributed by atoms with Gasteiger partial charge in [0.25, 0.3) is 0 Å². The number of aromatic nitrogens is 3. The molecule has 0 unspecified atom stereocenters. The normalized spacial score (nSPS) is 16.5. The topological polar surface area (TPSA) is 131 Å². The van der Waals surface area contributed by atoms with Crippen LogP contribution in [-0.4, -0.2) is 81.8 Å². The number of ether oxygens (including phenoxy) is 2. The van der Waals surface area contributed by atoms with Crippen molar-refractivity contribution in [2.75, 3.05) is 32.1 Å². The van der Waals surface area contributed by atoms with Crippen molar-refractivity contribution in [1.82, 2.24) is 25.0 Å². The van der Waals surface area contributed by atoms with E-state index < -0.39 is 24.0 Å². The van der Waals surface area contributed by atoms with E-state index in [1.165, 1.54) is 13.4 Å². The largest absolute Gasteiger partial charge is 0.491 e. The molecule has 1 saturated heterocycles. The van der Waals surface area contributed by atoms with Gasteiger partial charge in [-0.3, -0.25) is 9.69 Å². The van der Waals surface area contributed by atoms with Crippen LogP contribution >= 0.6 is 0 Å². The molecule has 1 aliphatic rings. The smallest absolute Gasteiger partial charge is 0.407 e. The van der Waals surface area contributed by atoms with Crippen molar-refractivity contribution in [2.24, 2.45) is 0 Å². The summed E-state index contributed by atoms with van der Waals surface area (Å²) in [5, 5.41) is 20.8. The first-order valence-corrected chi connectivity index (χ1v) is 16.3. The average molecular weight is 661 g/mol. The fraction of sp³-hybridized carbons (Fsp3) is 0.263. The molecule has 0 aliphatic carbocycles. The van der Waals surface area contributed by atoms with Crippen LogP contribution in [0.25, 0.3) is 5.69 Å². The zero-order valence-corrected chi connectivity index (χ0v) is 27.3. The van der Waals surface area contributed by atoms with Gasteiger partial charge >= 0.3 is 6.09 Å². The molecule has 0 saturated carbocycles. The van der Waals surface area contributed by atoms with Gasteiger partial charge in [-0.25, -0.2) is 14.5 Å². The van der Waals surface area contributed by atoms with Crippen molar-refractivity contribution in [3.63, 3.8) is 0 Å². The van der Waals surface area contributed by atoms with Gasteiger partial charge in [0, 0.05) is 31.7 Å². The lowest BCUT2D eigenvalue weighted by molar-refractivity contribution is -0.120. The predicted octanol–water partition coefficient (Wildman–Crippen LogP) is 5.38. The van der Waals surface area contributed by atoms with Crippen LogP contribution in [0.15, 0.2) is 122 Å². The van der Waals surface area contributed by atoms with Gasteiger partial charge in [0.15, 0.2) is 0 Å². The Morgan fingerprint density at radius 2 is 1.59 bits per heavy atom. The molecular formula is C38H40N6O5. The van der Waals surface area contributed by atoms with E-state index in [0.29, 0.717) is 31.8 Å². The minimum absolute atomic E-state index is 0.0489. The van der Waals surface area contributed by atoms with E-state index in [4.69, 9.17) is 9.47 Å². The second kappa shape index (κ2) is 16.1. The standard InChI is InChI=1S/C38H40N6O5/c1-43(38(46)47)36(35(28-11-4-2-5-12-28)29-13-6-3-7-14-29)37(45)42-34-15-9-8-10-27(34)16-19-32-22-39-23-33(49-32)24-48-31-20-17-30(18-21-31)44-26-40-25-41-44/h2-15,17-18,20-21,25-26,32-33,35-36,39H,16,19,22-24H2,1H3,(H,42,45)(H,46,47)/t32-,33+,36+/m1/s1. The van der Waals surface area contributed by atoms with Crippen molar-refractivity contribution < 1.29 is 24.2 Å². The molecule has 11 nitrogen and oxygen atoms in total. The molecule has 5 aromatic rings. The molecule has 252 valence electrons. The van der Waals surface area contributed by atoms with Gasteiger partial charge in [-0.15, -0.1) is 0 Å². The van der Waals surface area contributed by atoms with Crippen molar-refractivity contribution in [3.8, 4) is 11.4 Å². The molecule has 6 rings (SSSR count). The van der Waals surface area contributed by atoms with Crippen LogP contribution in [-0.2, 0) is 16.0 Å². The van der Waals surface area contributed by atoms with Crippen molar-refractivity contribution >= 4 is 17.7 Å². The van der Waals surface area contributed by atoms with E-state index in [0.717, 1.165) is 39.4 Å². The highest BCUT2D eigenvalue weighted by Gasteiger charge is 2.37. The number of carboxylic acid groups (broad SMARTS) is 1. The SMILES string of the molecule is CN(C(=O)O)[C@H](C(=O)Nc1ccccc1CC[C@@H]1CNC[C@@H](COc2ccc(-n3cncn3)cc2)O1)C(c1ccccc1)c1ccccc1. The van der Waals surface area contributed by atoms with Crippen molar-refractivity contribution in [3.05, 3.63) is 139 Å². The fourth-order valence-corrected chi connectivity index (χ4v) is 6.20. The number of hydrogen-bond donors (Lipinski definition) is 3. The Morgan fingerprint density at radius 3 is 2.24 bits per heavy atom. The van der Waals surface area contributed by atoms with Gasteiger partial charge in [0.1, 0.15) is 37.2 Å². The summed E-state index contributed by atoms with van der Waals surface area (Å²) in [6.07, 6.45) is 3.16. The van der Waals surface area contributed by atoms with Crippen LogP contribution < -0.4 is 15.4 Å². The summed E-state index contributed by atoms with van der Waals surface area (Å²) in [6, 6.07) is 33.4. The summed E-state index contributed by atoms with van der Waals surface area (Å²) < 4.78 is 14.1. The fourth-order valence-electron chi connectivity index (χ4n) is 6.20. The molecule has 49 heavy (non-hydrogen) atoms. The molecule has 0 bridgehead atoms. The summed E-state index contributed by atoms with van der Waals surface area (Å²) in [7, 11) is 1.44. The lowest BCUT2D eigenvalue weighted by Gasteiger charge is -2.33. The predicted molar refractivity (Wildman–Crippen MR) is 186 cm³/mol. The van der Waals surface area contributed by atoms with Gasteiger partial charge in [-0.1, -0.05) is 78.9 Å². The molecule has 11 heteroatoms. The zero-order chi connectivity index (χ0) is 34.0. The number of anilines is 1. The maximum atomic E-state index is 14.1. The summed E-state index contributed by atoms with van der Waals surface area (Å²) in [6.45, 7) is 1.79. The molecule has 0 spiro atoms.